The first-order valence-corrected chi connectivity index (χ1v) is 5.57. The van der Waals surface area contributed by atoms with Gasteiger partial charge in [-0.15, -0.1) is 0 Å². The van der Waals surface area contributed by atoms with Crippen molar-refractivity contribution in [3.8, 4) is 0 Å². The summed E-state index contributed by atoms with van der Waals surface area (Å²) < 4.78 is 4.87. The van der Waals surface area contributed by atoms with Crippen molar-refractivity contribution in [2.75, 3.05) is 18.1 Å². The molecule has 1 aliphatic rings. The SMILES string of the molecule is CCOC(=O)c1ncccc1N1CC(=O)CC1=O. The van der Waals surface area contributed by atoms with Crippen LogP contribution in [-0.2, 0) is 14.3 Å². The molecule has 0 spiro atoms. The van der Waals surface area contributed by atoms with Crippen molar-refractivity contribution >= 4 is 23.3 Å². The molecule has 6 nitrogen and oxygen atoms in total. The van der Waals surface area contributed by atoms with E-state index in [2.05, 4.69) is 4.98 Å². The first-order chi connectivity index (χ1) is 8.63. The van der Waals surface area contributed by atoms with Crippen LogP contribution in [0, 0.1) is 0 Å². The van der Waals surface area contributed by atoms with E-state index < -0.39 is 5.97 Å². The molecule has 0 unspecified atom stereocenters. The minimum absolute atomic E-state index is 0.0169. The summed E-state index contributed by atoms with van der Waals surface area (Å²) in [5, 5.41) is 0. The Balaban J connectivity index is 2.36. The summed E-state index contributed by atoms with van der Waals surface area (Å²) in [5.74, 6) is -1.09. The highest BCUT2D eigenvalue weighted by atomic mass is 16.5. The Morgan fingerprint density at radius 3 is 2.89 bits per heavy atom. The van der Waals surface area contributed by atoms with Crippen molar-refractivity contribution in [2.45, 2.75) is 13.3 Å². The highest BCUT2D eigenvalue weighted by Crippen LogP contribution is 2.23. The van der Waals surface area contributed by atoms with Gasteiger partial charge < -0.3 is 9.64 Å². The number of ether oxygens (including phenoxy) is 1. The fraction of sp³-hybridized carbons (Fsp3) is 0.333. The molecule has 1 aliphatic heterocycles. The van der Waals surface area contributed by atoms with E-state index in [9.17, 15) is 14.4 Å². The van der Waals surface area contributed by atoms with Crippen LogP contribution in [0.4, 0.5) is 5.69 Å². The Hall–Kier alpha value is -2.24. The molecule has 18 heavy (non-hydrogen) atoms. The number of aromatic nitrogens is 1. The lowest BCUT2D eigenvalue weighted by Crippen LogP contribution is -2.27. The number of pyridine rings is 1. The van der Waals surface area contributed by atoms with Crippen LogP contribution in [0.1, 0.15) is 23.8 Å². The quantitative estimate of drug-likeness (QED) is 0.577. The summed E-state index contributed by atoms with van der Waals surface area (Å²) in [6, 6.07) is 3.18. The average molecular weight is 248 g/mol. The molecule has 1 aromatic heterocycles. The van der Waals surface area contributed by atoms with Crippen molar-refractivity contribution in [1.82, 2.24) is 4.98 Å². The fourth-order valence-electron chi connectivity index (χ4n) is 1.78. The van der Waals surface area contributed by atoms with Crippen LogP contribution in [-0.4, -0.2) is 35.8 Å². The number of esters is 1. The Bertz CT molecular complexity index is 513. The largest absolute Gasteiger partial charge is 0.461 e. The molecule has 0 aliphatic carbocycles. The third-order valence-corrected chi connectivity index (χ3v) is 2.53. The van der Waals surface area contributed by atoms with Crippen LogP contribution >= 0.6 is 0 Å². The molecule has 1 fully saturated rings. The number of carbonyl (C=O) groups is 3. The van der Waals surface area contributed by atoms with Crippen LogP contribution in [0.5, 0.6) is 0 Å². The van der Waals surface area contributed by atoms with Gasteiger partial charge in [-0.3, -0.25) is 9.59 Å². The standard InChI is InChI=1S/C12H12N2O4/c1-2-18-12(17)11-9(4-3-5-13-11)14-7-8(15)6-10(14)16/h3-5H,2,6-7H2,1H3. The predicted octanol–water partition coefficient (Wildman–Crippen LogP) is 0.564. The second kappa shape index (κ2) is 4.95. The Morgan fingerprint density at radius 2 is 2.28 bits per heavy atom. The van der Waals surface area contributed by atoms with Crippen molar-refractivity contribution in [1.29, 1.82) is 0 Å². The lowest BCUT2D eigenvalue weighted by atomic mass is 10.2. The number of carbonyl (C=O) groups excluding carboxylic acids is 3. The smallest absolute Gasteiger partial charge is 0.359 e. The molecule has 0 aromatic carbocycles. The van der Waals surface area contributed by atoms with E-state index in [4.69, 9.17) is 4.74 Å². The zero-order valence-electron chi connectivity index (χ0n) is 9.88. The van der Waals surface area contributed by atoms with Crippen LogP contribution in [0.15, 0.2) is 18.3 Å². The number of Topliss-reactive ketones (excluding diaryl/α,β-unsaturated/α-hetero) is 1. The predicted molar refractivity (Wildman–Crippen MR) is 62.2 cm³/mol. The third kappa shape index (κ3) is 2.22. The highest BCUT2D eigenvalue weighted by molar-refractivity contribution is 6.16. The lowest BCUT2D eigenvalue weighted by Gasteiger charge is -2.16. The van der Waals surface area contributed by atoms with Crippen molar-refractivity contribution < 1.29 is 19.1 Å². The fourth-order valence-corrected chi connectivity index (χ4v) is 1.78. The molecule has 1 aromatic rings. The molecule has 0 N–H and O–H groups in total. The number of nitrogens with zero attached hydrogens (tertiary/aromatic N) is 2. The maximum absolute atomic E-state index is 11.7. The van der Waals surface area contributed by atoms with Gasteiger partial charge in [-0.1, -0.05) is 0 Å². The number of anilines is 1. The summed E-state index contributed by atoms with van der Waals surface area (Å²) in [6.45, 7) is 1.89. The normalized spacial score (nSPS) is 15.1. The minimum atomic E-state index is -0.597. The lowest BCUT2D eigenvalue weighted by molar-refractivity contribution is -0.121. The highest BCUT2D eigenvalue weighted by Gasteiger charge is 2.31. The molecule has 2 heterocycles. The zero-order valence-corrected chi connectivity index (χ0v) is 9.88. The molecule has 6 heteroatoms. The number of hydrogen-bond acceptors (Lipinski definition) is 5. The monoisotopic (exact) mass is 248 g/mol. The minimum Gasteiger partial charge on any atom is -0.461 e. The maximum atomic E-state index is 11.7. The Kier molecular flexibility index (Phi) is 3.36. The van der Waals surface area contributed by atoms with E-state index in [1.807, 2.05) is 0 Å². The molecule has 0 saturated carbocycles. The van der Waals surface area contributed by atoms with Gasteiger partial charge in [0.15, 0.2) is 11.5 Å². The maximum Gasteiger partial charge on any atom is 0.359 e. The summed E-state index contributed by atoms with van der Waals surface area (Å²) in [4.78, 5) is 39.8. The summed E-state index contributed by atoms with van der Waals surface area (Å²) in [7, 11) is 0. The van der Waals surface area contributed by atoms with Gasteiger partial charge in [-0.25, -0.2) is 9.78 Å². The van der Waals surface area contributed by atoms with Crippen molar-refractivity contribution in [3.05, 3.63) is 24.0 Å². The first kappa shape index (κ1) is 12.2. The van der Waals surface area contributed by atoms with Gasteiger partial charge in [0.05, 0.1) is 25.3 Å². The Morgan fingerprint density at radius 1 is 1.50 bits per heavy atom. The molecule has 1 amide bonds. The second-order valence-corrected chi connectivity index (χ2v) is 3.79. The van der Waals surface area contributed by atoms with E-state index in [1.54, 1.807) is 19.1 Å². The summed E-state index contributed by atoms with van der Waals surface area (Å²) >= 11 is 0. The van der Waals surface area contributed by atoms with Crippen LogP contribution in [0.2, 0.25) is 0 Å². The van der Waals surface area contributed by atoms with E-state index in [0.717, 1.165) is 0 Å². The first-order valence-electron chi connectivity index (χ1n) is 5.57. The average Bonchev–Trinajstić information content (AvgIpc) is 2.69. The van der Waals surface area contributed by atoms with Gasteiger partial charge in [0.2, 0.25) is 5.91 Å². The van der Waals surface area contributed by atoms with Gasteiger partial charge in [0.25, 0.3) is 0 Å². The van der Waals surface area contributed by atoms with Gasteiger partial charge in [0.1, 0.15) is 0 Å². The topological polar surface area (TPSA) is 76.6 Å². The number of hydrogen-bond donors (Lipinski definition) is 0. The molecule has 0 atom stereocenters. The van der Waals surface area contributed by atoms with Crippen LogP contribution in [0.25, 0.3) is 0 Å². The van der Waals surface area contributed by atoms with E-state index in [1.165, 1.54) is 11.1 Å². The van der Waals surface area contributed by atoms with Gasteiger partial charge in [-0.2, -0.15) is 0 Å². The zero-order chi connectivity index (χ0) is 13.1. The number of amides is 1. The van der Waals surface area contributed by atoms with E-state index in [0.29, 0.717) is 5.69 Å². The molecule has 2 rings (SSSR count). The Labute approximate surface area is 104 Å². The van der Waals surface area contributed by atoms with E-state index in [-0.39, 0.29) is 37.0 Å². The van der Waals surface area contributed by atoms with Gasteiger partial charge >= 0.3 is 5.97 Å². The second-order valence-electron chi connectivity index (χ2n) is 3.79. The van der Waals surface area contributed by atoms with Crippen LogP contribution in [0.3, 0.4) is 0 Å². The molecule has 0 bridgehead atoms. The molecular formula is C12H12N2O4. The number of ketones is 1. The van der Waals surface area contributed by atoms with Gasteiger partial charge in [-0.05, 0) is 19.1 Å². The van der Waals surface area contributed by atoms with Crippen molar-refractivity contribution in [3.63, 3.8) is 0 Å². The molecular weight excluding hydrogens is 236 g/mol. The third-order valence-electron chi connectivity index (χ3n) is 2.53. The van der Waals surface area contributed by atoms with Crippen LogP contribution < -0.4 is 4.90 Å². The molecule has 0 radical (unpaired) electrons. The summed E-state index contributed by atoms with van der Waals surface area (Å²) in [6.07, 6.45) is 1.31. The number of rotatable bonds is 3. The summed E-state index contributed by atoms with van der Waals surface area (Å²) in [5.41, 5.74) is 0.384. The van der Waals surface area contributed by atoms with Crippen molar-refractivity contribution in [2.24, 2.45) is 0 Å². The molecule has 94 valence electrons. The van der Waals surface area contributed by atoms with Gasteiger partial charge in [0, 0.05) is 6.20 Å². The molecule has 1 saturated heterocycles. The van der Waals surface area contributed by atoms with E-state index >= 15 is 0 Å².